The third kappa shape index (κ3) is 4.25. The van der Waals surface area contributed by atoms with E-state index in [-0.39, 0.29) is 23.0 Å². The summed E-state index contributed by atoms with van der Waals surface area (Å²) < 4.78 is 7.77. The highest BCUT2D eigenvalue weighted by molar-refractivity contribution is 5.94. The lowest BCUT2D eigenvalue weighted by atomic mass is 9.84. The molecule has 7 nitrogen and oxygen atoms in total. The number of carbonyl (C=O) groups is 2. The van der Waals surface area contributed by atoms with E-state index in [1.54, 1.807) is 16.8 Å². The van der Waals surface area contributed by atoms with Crippen LogP contribution in [-0.2, 0) is 16.1 Å². The Morgan fingerprint density at radius 3 is 2.62 bits per heavy atom. The van der Waals surface area contributed by atoms with Crippen molar-refractivity contribution in [3.63, 3.8) is 0 Å². The SMILES string of the molecule is CCn1ccc(C(=O)N2CCC3(CC2)CN(CC2CCC2)C(=O)CCO3)cc1=O. The quantitative estimate of drug-likeness (QED) is 0.773. The van der Waals surface area contributed by atoms with Gasteiger partial charge in [-0.25, -0.2) is 0 Å². The van der Waals surface area contributed by atoms with E-state index in [1.807, 2.05) is 16.7 Å². The van der Waals surface area contributed by atoms with E-state index < -0.39 is 0 Å². The normalized spacial score (nSPS) is 22.4. The van der Waals surface area contributed by atoms with Crippen molar-refractivity contribution in [2.45, 2.75) is 57.6 Å². The predicted octanol–water partition coefficient (Wildman–Crippen LogP) is 1.89. The van der Waals surface area contributed by atoms with Crippen molar-refractivity contribution in [2.75, 3.05) is 32.8 Å². The molecule has 1 aromatic heterocycles. The van der Waals surface area contributed by atoms with Crippen LogP contribution in [0.2, 0.25) is 0 Å². The second-order valence-electron chi connectivity index (χ2n) is 8.68. The van der Waals surface area contributed by atoms with Crippen molar-refractivity contribution < 1.29 is 14.3 Å². The van der Waals surface area contributed by atoms with Gasteiger partial charge < -0.3 is 19.1 Å². The number of ether oxygens (including phenoxy) is 1. The number of amides is 2. The van der Waals surface area contributed by atoms with Gasteiger partial charge in [-0.3, -0.25) is 14.4 Å². The second-order valence-corrected chi connectivity index (χ2v) is 8.68. The summed E-state index contributed by atoms with van der Waals surface area (Å²) in [6, 6.07) is 3.15. The number of aromatic nitrogens is 1. The molecule has 2 aliphatic heterocycles. The molecule has 0 aromatic carbocycles. The van der Waals surface area contributed by atoms with Crippen molar-refractivity contribution in [1.29, 1.82) is 0 Å². The largest absolute Gasteiger partial charge is 0.372 e. The highest BCUT2D eigenvalue weighted by Crippen LogP contribution is 2.33. The van der Waals surface area contributed by atoms with Gasteiger partial charge in [-0.15, -0.1) is 0 Å². The number of pyridine rings is 1. The van der Waals surface area contributed by atoms with E-state index >= 15 is 0 Å². The summed E-state index contributed by atoms with van der Waals surface area (Å²) in [6.07, 6.45) is 7.28. The molecule has 0 radical (unpaired) electrons. The first kappa shape index (κ1) is 20.1. The van der Waals surface area contributed by atoms with Crippen LogP contribution >= 0.6 is 0 Å². The number of rotatable bonds is 4. The van der Waals surface area contributed by atoms with Gasteiger partial charge in [0.2, 0.25) is 5.91 Å². The topological polar surface area (TPSA) is 71.8 Å². The molecular formula is C22H31N3O4. The van der Waals surface area contributed by atoms with Crippen LogP contribution in [-0.4, -0.2) is 64.6 Å². The van der Waals surface area contributed by atoms with Crippen LogP contribution in [0, 0.1) is 5.92 Å². The number of hydrogen-bond acceptors (Lipinski definition) is 4. The molecule has 29 heavy (non-hydrogen) atoms. The molecule has 1 spiro atoms. The van der Waals surface area contributed by atoms with E-state index in [1.165, 1.54) is 25.3 Å². The molecular weight excluding hydrogens is 370 g/mol. The lowest BCUT2D eigenvalue weighted by molar-refractivity contribution is -0.133. The molecule has 7 heteroatoms. The van der Waals surface area contributed by atoms with Gasteiger partial charge in [0.25, 0.3) is 11.5 Å². The fraction of sp³-hybridized carbons (Fsp3) is 0.682. The summed E-state index contributed by atoms with van der Waals surface area (Å²) in [5.74, 6) is 0.737. The van der Waals surface area contributed by atoms with Gasteiger partial charge in [0.1, 0.15) is 0 Å². The summed E-state index contributed by atoms with van der Waals surface area (Å²) in [4.78, 5) is 41.3. The van der Waals surface area contributed by atoms with Gasteiger partial charge >= 0.3 is 0 Å². The number of likely N-dealkylation sites (tertiary alicyclic amines) is 1. The molecule has 0 N–H and O–H groups in total. The van der Waals surface area contributed by atoms with Crippen molar-refractivity contribution >= 4 is 11.8 Å². The van der Waals surface area contributed by atoms with E-state index in [9.17, 15) is 14.4 Å². The van der Waals surface area contributed by atoms with Gasteiger partial charge in [0, 0.05) is 50.6 Å². The van der Waals surface area contributed by atoms with Gasteiger partial charge in [-0.05, 0) is 44.6 Å². The molecule has 0 bridgehead atoms. The molecule has 2 saturated heterocycles. The Hall–Kier alpha value is -2.15. The first-order valence-electron chi connectivity index (χ1n) is 10.9. The number of carbonyl (C=O) groups excluding carboxylic acids is 2. The zero-order valence-corrected chi connectivity index (χ0v) is 17.3. The van der Waals surface area contributed by atoms with Crippen LogP contribution in [0.4, 0.5) is 0 Å². The lowest BCUT2D eigenvalue weighted by Gasteiger charge is -2.43. The number of piperidine rings is 1. The number of hydrogen-bond donors (Lipinski definition) is 0. The maximum absolute atomic E-state index is 12.9. The summed E-state index contributed by atoms with van der Waals surface area (Å²) in [5.41, 5.74) is -0.0542. The second kappa shape index (κ2) is 8.30. The Morgan fingerprint density at radius 1 is 1.24 bits per heavy atom. The maximum atomic E-state index is 12.9. The van der Waals surface area contributed by atoms with Gasteiger partial charge in [-0.2, -0.15) is 0 Å². The average molecular weight is 402 g/mol. The molecule has 1 aromatic rings. The highest BCUT2D eigenvalue weighted by atomic mass is 16.5. The molecule has 1 aliphatic carbocycles. The van der Waals surface area contributed by atoms with Gasteiger partial charge in [-0.1, -0.05) is 6.42 Å². The first-order chi connectivity index (χ1) is 14.0. The fourth-order valence-corrected chi connectivity index (χ4v) is 4.65. The third-order valence-corrected chi connectivity index (χ3v) is 6.80. The van der Waals surface area contributed by atoms with Crippen molar-refractivity contribution in [3.05, 3.63) is 34.2 Å². The van der Waals surface area contributed by atoms with Crippen molar-refractivity contribution in [1.82, 2.24) is 14.4 Å². The Kier molecular flexibility index (Phi) is 5.76. The fourth-order valence-electron chi connectivity index (χ4n) is 4.65. The molecule has 3 fully saturated rings. The summed E-state index contributed by atoms with van der Waals surface area (Å²) >= 11 is 0. The van der Waals surface area contributed by atoms with E-state index in [0.717, 1.165) is 19.4 Å². The molecule has 0 unspecified atom stereocenters. The minimum absolute atomic E-state index is 0.101. The van der Waals surface area contributed by atoms with E-state index in [4.69, 9.17) is 4.74 Å². The smallest absolute Gasteiger partial charge is 0.254 e. The van der Waals surface area contributed by atoms with Crippen LogP contribution in [0.15, 0.2) is 23.1 Å². The van der Waals surface area contributed by atoms with Crippen LogP contribution in [0.1, 0.15) is 55.8 Å². The summed E-state index contributed by atoms with van der Waals surface area (Å²) in [6.45, 7) is 5.61. The maximum Gasteiger partial charge on any atom is 0.254 e. The Labute approximate surface area is 171 Å². The van der Waals surface area contributed by atoms with E-state index in [0.29, 0.717) is 50.7 Å². The lowest BCUT2D eigenvalue weighted by Crippen LogP contribution is -2.54. The zero-order valence-electron chi connectivity index (χ0n) is 17.3. The first-order valence-corrected chi connectivity index (χ1v) is 10.9. The van der Waals surface area contributed by atoms with Crippen molar-refractivity contribution in [3.8, 4) is 0 Å². The Bertz CT molecular complexity index is 822. The van der Waals surface area contributed by atoms with Crippen LogP contribution in [0.3, 0.4) is 0 Å². The van der Waals surface area contributed by atoms with E-state index in [2.05, 4.69) is 0 Å². The molecule has 4 rings (SSSR count). The molecule has 158 valence electrons. The van der Waals surface area contributed by atoms with Crippen molar-refractivity contribution in [2.24, 2.45) is 5.92 Å². The standard InChI is InChI=1S/C22H31N3O4/c1-2-23-10-6-18(14-20(23)27)21(28)24-11-8-22(9-12-24)16-25(15-17-4-3-5-17)19(26)7-13-29-22/h6,10,14,17H,2-5,7-9,11-13,15-16H2,1H3. The van der Waals surface area contributed by atoms with Crippen LogP contribution in [0.25, 0.3) is 0 Å². The van der Waals surface area contributed by atoms with Crippen LogP contribution in [0.5, 0.6) is 0 Å². The highest BCUT2D eigenvalue weighted by Gasteiger charge is 2.42. The molecule has 0 atom stereocenters. The zero-order chi connectivity index (χ0) is 20.4. The number of nitrogens with zero attached hydrogens (tertiary/aromatic N) is 3. The molecule has 3 heterocycles. The summed E-state index contributed by atoms with van der Waals surface area (Å²) in [7, 11) is 0. The monoisotopic (exact) mass is 401 g/mol. The van der Waals surface area contributed by atoms with Gasteiger partial charge in [0.15, 0.2) is 0 Å². The van der Waals surface area contributed by atoms with Crippen LogP contribution < -0.4 is 5.56 Å². The average Bonchev–Trinajstić information content (AvgIpc) is 2.83. The number of aryl methyl sites for hydroxylation is 1. The minimum Gasteiger partial charge on any atom is -0.372 e. The Morgan fingerprint density at radius 2 is 2.00 bits per heavy atom. The molecule has 1 saturated carbocycles. The summed E-state index contributed by atoms with van der Waals surface area (Å²) in [5, 5.41) is 0. The Balaban J connectivity index is 1.40. The molecule has 3 aliphatic rings. The predicted molar refractivity (Wildman–Crippen MR) is 109 cm³/mol. The third-order valence-electron chi connectivity index (χ3n) is 6.80. The van der Waals surface area contributed by atoms with Gasteiger partial charge in [0.05, 0.1) is 18.6 Å². The minimum atomic E-state index is -0.349. The molecule has 2 amide bonds.